The van der Waals surface area contributed by atoms with Gasteiger partial charge in [-0.05, 0) is 62.5 Å². The lowest BCUT2D eigenvalue weighted by atomic mass is 9.65. The highest BCUT2D eigenvalue weighted by molar-refractivity contribution is 5.92. The second-order valence-corrected chi connectivity index (χ2v) is 8.66. The third kappa shape index (κ3) is 3.70. The second kappa shape index (κ2) is 7.88. The third-order valence-corrected chi connectivity index (χ3v) is 6.76. The monoisotopic (exact) mass is 400 g/mol. The summed E-state index contributed by atoms with van der Waals surface area (Å²) in [5.41, 5.74) is 8.48. The lowest BCUT2D eigenvalue weighted by Gasteiger charge is -2.43. The molecule has 2 aromatic rings. The SMILES string of the molecule is Cl.NC1C2CCCC1CC(C(=O)Nc1cc(C3CC3)nn1-c1ccccc1)C2. The zero-order valence-electron chi connectivity index (χ0n) is 16.1. The quantitative estimate of drug-likeness (QED) is 0.805. The molecule has 1 heterocycles. The molecule has 2 atom stereocenters. The summed E-state index contributed by atoms with van der Waals surface area (Å²) in [4.78, 5) is 13.1. The fraction of sp³-hybridized carbons (Fsp3) is 0.545. The number of rotatable bonds is 4. The standard InChI is InChI=1S/C22H28N4O.ClH/c23-21-15-5-4-6-16(21)12-17(11-15)22(27)24-20-13-19(14-9-10-14)25-26(20)18-7-2-1-3-8-18;/h1-3,7-8,13-17,21H,4-6,9-12,23H2,(H,24,27);1H. The lowest BCUT2D eigenvalue weighted by Crippen LogP contribution is -2.48. The summed E-state index contributed by atoms with van der Waals surface area (Å²) in [5, 5.41) is 8.00. The van der Waals surface area contributed by atoms with Crippen LogP contribution in [-0.2, 0) is 4.79 Å². The first-order valence-corrected chi connectivity index (χ1v) is 10.4. The highest BCUT2D eigenvalue weighted by Gasteiger charge is 2.40. The van der Waals surface area contributed by atoms with Crippen LogP contribution < -0.4 is 11.1 Å². The van der Waals surface area contributed by atoms with Crippen molar-refractivity contribution in [2.45, 2.75) is 56.9 Å². The molecule has 3 N–H and O–H groups in total. The minimum Gasteiger partial charge on any atom is -0.327 e. The number of nitrogens with two attached hydrogens (primary N) is 1. The van der Waals surface area contributed by atoms with Gasteiger partial charge in [0.05, 0.1) is 11.4 Å². The number of benzene rings is 1. The van der Waals surface area contributed by atoms with Crippen LogP contribution >= 0.6 is 12.4 Å². The van der Waals surface area contributed by atoms with Crippen molar-refractivity contribution in [3.05, 3.63) is 42.1 Å². The molecule has 3 aliphatic rings. The largest absolute Gasteiger partial charge is 0.327 e. The molecule has 0 radical (unpaired) electrons. The number of anilines is 1. The molecule has 2 unspecified atom stereocenters. The molecule has 0 aliphatic heterocycles. The fourth-order valence-corrected chi connectivity index (χ4v) is 5.06. The van der Waals surface area contributed by atoms with Crippen molar-refractivity contribution in [2.24, 2.45) is 23.5 Å². The summed E-state index contributed by atoms with van der Waals surface area (Å²) in [6, 6.07) is 12.4. The van der Waals surface area contributed by atoms with Gasteiger partial charge in [-0.15, -0.1) is 12.4 Å². The van der Waals surface area contributed by atoms with Crippen molar-refractivity contribution in [3.8, 4) is 5.69 Å². The highest BCUT2D eigenvalue weighted by Crippen LogP contribution is 2.43. The molecule has 1 aromatic heterocycles. The molecule has 5 nitrogen and oxygen atoms in total. The molecule has 3 saturated carbocycles. The fourth-order valence-electron chi connectivity index (χ4n) is 5.06. The third-order valence-electron chi connectivity index (χ3n) is 6.76. The maximum Gasteiger partial charge on any atom is 0.228 e. The van der Waals surface area contributed by atoms with Crippen molar-refractivity contribution in [2.75, 3.05) is 5.32 Å². The molecule has 1 amide bonds. The number of carbonyl (C=O) groups is 1. The molecule has 28 heavy (non-hydrogen) atoms. The zero-order chi connectivity index (χ0) is 18.4. The second-order valence-electron chi connectivity index (χ2n) is 8.66. The van der Waals surface area contributed by atoms with Gasteiger partial charge in [0.1, 0.15) is 5.82 Å². The number of halogens is 1. The molecule has 3 fully saturated rings. The molecule has 0 saturated heterocycles. The first-order valence-electron chi connectivity index (χ1n) is 10.4. The van der Waals surface area contributed by atoms with E-state index in [1.807, 2.05) is 35.0 Å². The van der Waals surface area contributed by atoms with E-state index in [0.717, 1.165) is 30.0 Å². The van der Waals surface area contributed by atoms with Crippen LogP contribution in [0.25, 0.3) is 5.69 Å². The van der Waals surface area contributed by atoms with E-state index in [1.165, 1.54) is 32.1 Å². The van der Waals surface area contributed by atoms with E-state index < -0.39 is 0 Å². The molecular weight excluding hydrogens is 372 g/mol. The Morgan fingerprint density at radius 3 is 2.39 bits per heavy atom. The zero-order valence-corrected chi connectivity index (χ0v) is 16.9. The number of para-hydroxylation sites is 1. The number of hydrogen-bond acceptors (Lipinski definition) is 3. The van der Waals surface area contributed by atoms with Crippen molar-refractivity contribution in [3.63, 3.8) is 0 Å². The van der Waals surface area contributed by atoms with Crippen molar-refractivity contribution in [1.29, 1.82) is 0 Å². The molecular formula is C22H29ClN4O. The number of fused-ring (bicyclic) bond motifs is 2. The maximum atomic E-state index is 13.1. The van der Waals surface area contributed by atoms with E-state index in [-0.39, 0.29) is 24.2 Å². The van der Waals surface area contributed by atoms with Gasteiger partial charge in [0.2, 0.25) is 5.91 Å². The summed E-state index contributed by atoms with van der Waals surface area (Å²) in [6.07, 6.45) is 7.87. The number of amides is 1. The lowest BCUT2D eigenvalue weighted by molar-refractivity contribution is -0.122. The minimum atomic E-state index is 0. The van der Waals surface area contributed by atoms with Gasteiger partial charge in [-0.2, -0.15) is 5.10 Å². The molecule has 150 valence electrons. The van der Waals surface area contributed by atoms with Gasteiger partial charge in [-0.1, -0.05) is 24.6 Å². The van der Waals surface area contributed by atoms with E-state index in [0.29, 0.717) is 23.8 Å². The van der Waals surface area contributed by atoms with Crippen LogP contribution in [0.15, 0.2) is 36.4 Å². The van der Waals surface area contributed by atoms with E-state index >= 15 is 0 Å². The van der Waals surface area contributed by atoms with Gasteiger partial charge >= 0.3 is 0 Å². The van der Waals surface area contributed by atoms with Crippen molar-refractivity contribution in [1.82, 2.24) is 9.78 Å². The normalized spacial score (nSPS) is 29.0. The molecule has 5 rings (SSSR count). The Morgan fingerprint density at radius 2 is 1.75 bits per heavy atom. The number of nitrogens with one attached hydrogen (secondary N) is 1. The predicted molar refractivity (Wildman–Crippen MR) is 113 cm³/mol. The highest BCUT2D eigenvalue weighted by atomic mass is 35.5. The van der Waals surface area contributed by atoms with Crippen LogP contribution in [0, 0.1) is 17.8 Å². The first-order chi connectivity index (χ1) is 13.2. The van der Waals surface area contributed by atoms with Crippen LogP contribution in [0.4, 0.5) is 5.82 Å². The summed E-state index contributed by atoms with van der Waals surface area (Å²) >= 11 is 0. The molecule has 0 spiro atoms. The molecule has 3 aliphatic carbocycles. The van der Waals surface area contributed by atoms with E-state index in [9.17, 15) is 4.79 Å². The van der Waals surface area contributed by atoms with E-state index in [1.54, 1.807) is 0 Å². The smallest absolute Gasteiger partial charge is 0.228 e. The molecule has 1 aromatic carbocycles. The Morgan fingerprint density at radius 1 is 1.07 bits per heavy atom. The number of aromatic nitrogens is 2. The minimum absolute atomic E-state index is 0. The molecule has 2 bridgehead atoms. The molecule has 6 heteroatoms. The van der Waals surface area contributed by atoms with Gasteiger partial charge in [0.15, 0.2) is 0 Å². The van der Waals surface area contributed by atoms with Gasteiger partial charge in [0.25, 0.3) is 0 Å². The Hall–Kier alpha value is -1.85. The average molecular weight is 401 g/mol. The van der Waals surface area contributed by atoms with E-state index in [4.69, 9.17) is 10.8 Å². The van der Waals surface area contributed by atoms with Gasteiger partial charge in [-0.25, -0.2) is 4.68 Å². The number of carbonyl (C=O) groups excluding carboxylic acids is 1. The predicted octanol–water partition coefficient (Wildman–Crippen LogP) is 4.26. The summed E-state index contributed by atoms with van der Waals surface area (Å²) < 4.78 is 1.89. The Kier molecular flexibility index (Phi) is 5.48. The average Bonchev–Trinajstić information content (AvgIpc) is 3.43. The Balaban J connectivity index is 0.00000192. The summed E-state index contributed by atoms with van der Waals surface area (Å²) in [7, 11) is 0. The van der Waals surface area contributed by atoms with Gasteiger partial charge < -0.3 is 11.1 Å². The summed E-state index contributed by atoms with van der Waals surface area (Å²) in [5.74, 6) is 2.58. The Bertz CT molecular complexity index is 818. The summed E-state index contributed by atoms with van der Waals surface area (Å²) in [6.45, 7) is 0. The van der Waals surface area contributed by atoms with Crippen LogP contribution in [0.1, 0.15) is 56.6 Å². The first kappa shape index (κ1) is 19.5. The van der Waals surface area contributed by atoms with Gasteiger partial charge in [0, 0.05) is 23.9 Å². The maximum absolute atomic E-state index is 13.1. The number of nitrogens with zero attached hydrogens (tertiary/aromatic N) is 2. The van der Waals surface area contributed by atoms with Crippen LogP contribution in [-0.4, -0.2) is 21.7 Å². The van der Waals surface area contributed by atoms with E-state index in [2.05, 4.69) is 11.4 Å². The van der Waals surface area contributed by atoms with Crippen molar-refractivity contribution < 1.29 is 4.79 Å². The van der Waals surface area contributed by atoms with Gasteiger partial charge in [-0.3, -0.25) is 4.79 Å². The number of hydrogen-bond donors (Lipinski definition) is 2. The van der Waals surface area contributed by atoms with Crippen LogP contribution in [0.3, 0.4) is 0 Å². The Labute approximate surface area is 172 Å². The van der Waals surface area contributed by atoms with Crippen molar-refractivity contribution >= 4 is 24.1 Å². The van der Waals surface area contributed by atoms with Crippen LogP contribution in [0.5, 0.6) is 0 Å². The topological polar surface area (TPSA) is 72.9 Å². The van der Waals surface area contributed by atoms with Crippen LogP contribution in [0.2, 0.25) is 0 Å².